The highest BCUT2D eigenvalue weighted by atomic mass is 16.4. The first-order valence-electron chi connectivity index (χ1n) is 8.71. The zero-order valence-electron chi connectivity index (χ0n) is 14.1. The fourth-order valence-electron chi connectivity index (χ4n) is 3.57. The summed E-state index contributed by atoms with van der Waals surface area (Å²) in [4.78, 5) is 30.1. The number of piperazine rings is 1. The third-order valence-electron chi connectivity index (χ3n) is 5.10. The predicted molar refractivity (Wildman–Crippen MR) is 92.5 cm³/mol. The molecule has 6 nitrogen and oxygen atoms in total. The maximum absolute atomic E-state index is 12.6. The van der Waals surface area contributed by atoms with Crippen molar-refractivity contribution < 1.29 is 14.7 Å². The molecule has 2 heterocycles. The van der Waals surface area contributed by atoms with Gasteiger partial charge in [-0.05, 0) is 43.7 Å². The smallest absolute Gasteiger partial charge is 0.326 e. The molecule has 0 saturated carbocycles. The van der Waals surface area contributed by atoms with Gasteiger partial charge in [0.15, 0.2) is 0 Å². The summed E-state index contributed by atoms with van der Waals surface area (Å²) in [5.74, 6) is -1.09. The third-order valence-corrected chi connectivity index (χ3v) is 5.10. The zero-order valence-corrected chi connectivity index (χ0v) is 14.1. The Bertz CT molecular complexity index is 594. The summed E-state index contributed by atoms with van der Waals surface area (Å²) in [6, 6.07) is 6.91. The van der Waals surface area contributed by atoms with Crippen LogP contribution in [0.3, 0.4) is 0 Å². The van der Waals surface area contributed by atoms with Crippen molar-refractivity contribution in [3.05, 3.63) is 29.8 Å². The molecule has 0 radical (unpaired) electrons. The Labute approximate surface area is 142 Å². The minimum atomic E-state index is -0.911. The molecule has 6 heteroatoms. The van der Waals surface area contributed by atoms with Crippen LogP contribution >= 0.6 is 0 Å². The molecule has 0 unspecified atom stereocenters. The number of rotatable bonds is 4. The van der Waals surface area contributed by atoms with Crippen molar-refractivity contribution in [3.8, 4) is 0 Å². The molecule has 1 amide bonds. The number of carbonyl (C=O) groups is 2. The lowest BCUT2D eigenvalue weighted by atomic mass is 10.1. The van der Waals surface area contributed by atoms with E-state index in [4.69, 9.17) is 0 Å². The molecule has 1 atom stereocenters. The number of aliphatic carboxylic acids is 1. The lowest BCUT2D eigenvalue weighted by molar-refractivity contribution is -0.141. The number of carboxylic acids is 1. The van der Waals surface area contributed by atoms with E-state index >= 15 is 0 Å². The molecule has 0 aliphatic carbocycles. The Morgan fingerprint density at radius 1 is 1.08 bits per heavy atom. The maximum Gasteiger partial charge on any atom is 0.326 e. The van der Waals surface area contributed by atoms with Gasteiger partial charge in [0.2, 0.25) is 0 Å². The van der Waals surface area contributed by atoms with Crippen molar-refractivity contribution in [1.29, 1.82) is 0 Å². The summed E-state index contributed by atoms with van der Waals surface area (Å²) in [6.07, 6.45) is 1.29. The van der Waals surface area contributed by atoms with Gasteiger partial charge >= 0.3 is 5.97 Å². The molecule has 1 aromatic carbocycles. The van der Waals surface area contributed by atoms with E-state index < -0.39 is 12.0 Å². The molecule has 2 aliphatic heterocycles. The number of nitrogens with zero attached hydrogens (tertiary/aromatic N) is 3. The molecule has 2 saturated heterocycles. The second-order valence-corrected chi connectivity index (χ2v) is 6.46. The number of hydrogen-bond acceptors (Lipinski definition) is 4. The average Bonchev–Trinajstić information content (AvgIpc) is 3.11. The van der Waals surface area contributed by atoms with E-state index in [2.05, 4.69) is 16.7 Å². The van der Waals surface area contributed by atoms with Crippen LogP contribution < -0.4 is 4.90 Å². The highest BCUT2D eigenvalue weighted by Gasteiger charge is 2.34. The summed E-state index contributed by atoms with van der Waals surface area (Å²) < 4.78 is 0. The molecule has 130 valence electrons. The first kappa shape index (κ1) is 16.8. The number of carboxylic acid groups (broad SMARTS) is 1. The number of amides is 1. The Hall–Kier alpha value is -2.08. The molecule has 0 aromatic heterocycles. The molecule has 24 heavy (non-hydrogen) atoms. The van der Waals surface area contributed by atoms with E-state index in [9.17, 15) is 14.7 Å². The molecule has 0 bridgehead atoms. The van der Waals surface area contributed by atoms with Crippen LogP contribution in [0.25, 0.3) is 0 Å². The number of likely N-dealkylation sites (N-methyl/N-ethyl adjacent to an activating group) is 1. The number of likely N-dealkylation sites (tertiary alicyclic amines) is 1. The van der Waals surface area contributed by atoms with Gasteiger partial charge in [-0.3, -0.25) is 4.79 Å². The second-order valence-electron chi connectivity index (χ2n) is 6.46. The fourth-order valence-corrected chi connectivity index (χ4v) is 3.57. The van der Waals surface area contributed by atoms with Crippen molar-refractivity contribution in [2.45, 2.75) is 25.8 Å². The van der Waals surface area contributed by atoms with Crippen LogP contribution in [0.4, 0.5) is 5.69 Å². The largest absolute Gasteiger partial charge is 0.480 e. The quantitative estimate of drug-likeness (QED) is 0.906. The van der Waals surface area contributed by atoms with Gasteiger partial charge in [0.25, 0.3) is 5.91 Å². The van der Waals surface area contributed by atoms with Crippen LogP contribution in [0.5, 0.6) is 0 Å². The van der Waals surface area contributed by atoms with E-state index in [-0.39, 0.29) is 5.91 Å². The van der Waals surface area contributed by atoms with Crippen molar-refractivity contribution >= 4 is 17.6 Å². The Balaban J connectivity index is 1.66. The van der Waals surface area contributed by atoms with Gasteiger partial charge in [-0.15, -0.1) is 0 Å². The fraction of sp³-hybridized carbons (Fsp3) is 0.556. The topological polar surface area (TPSA) is 64.1 Å². The van der Waals surface area contributed by atoms with Crippen LogP contribution in [0.1, 0.15) is 30.1 Å². The van der Waals surface area contributed by atoms with Crippen LogP contribution in [-0.4, -0.2) is 72.1 Å². The lowest BCUT2D eigenvalue weighted by Gasteiger charge is -2.35. The van der Waals surface area contributed by atoms with Gasteiger partial charge in [-0.2, -0.15) is 0 Å². The van der Waals surface area contributed by atoms with E-state index in [1.807, 2.05) is 24.3 Å². The van der Waals surface area contributed by atoms with Gasteiger partial charge in [-0.1, -0.05) is 6.92 Å². The Morgan fingerprint density at radius 3 is 2.33 bits per heavy atom. The monoisotopic (exact) mass is 331 g/mol. The van der Waals surface area contributed by atoms with Gasteiger partial charge in [0.1, 0.15) is 6.04 Å². The van der Waals surface area contributed by atoms with Crippen molar-refractivity contribution in [3.63, 3.8) is 0 Å². The van der Waals surface area contributed by atoms with Gasteiger partial charge < -0.3 is 19.8 Å². The Morgan fingerprint density at radius 2 is 1.75 bits per heavy atom. The van der Waals surface area contributed by atoms with E-state index in [1.165, 1.54) is 4.90 Å². The third kappa shape index (κ3) is 3.38. The number of anilines is 1. The number of hydrogen-bond donors (Lipinski definition) is 1. The summed E-state index contributed by atoms with van der Waals surface area (Å²) in [5.41, 5.74) is 1.69. The lowest BCUT2D eigenvalue weighted by Crippen LogP contribution is -2.46. The van der Waals surface area contributed by atoms with Crippen molar-refractivity contribution in [2.24, 2.45) is 0 Å². The SMILES string of the molecule is CCN1CCN(c2ccc(C(=O)N3CCC[C@@H]3C(=O)O)cc2)CC1. The van der Waals surface area contributed by atoms with Gasteiger partial charge in [0.05, 0.1) is 0 Å². The van der Waals surface area contributed by atoms with Gasteiger partial charge in [-0.25, -0.2) is 4.79 Å². The standard InChI is InChI=1S/C18H25N3O3/c1-2-19-10-12-20(13-11-19)15-7-5-14(6-8-15)17(22)21-9-3-4-16(21)18(23)24/h5-8,16H,2-4,9-13H2,1H3,(H,23,24)/t16-/m1/s1. The highest BCUT2D eigenvalue weighted by Crippen LogP contribution is 2.22. The minimum Gasteiger partial charge on any atom is -0.480 e. The molecule has 2 fully saturated rings. The first-order chi connectivity index (χ1) is 11.6. The highest BCUT2D eigenvalue weighted by molar-refractivity contribution is 5.97. The number of benzene rings is 1. The van der Waals surface area contributed by atoms with Crippen LogP contribution in [-0.2, 0) is 4.79 Å². The van der Waals surface area contributed by atoms with E-state index in [0.29, 0.717) is 18.5 Å². The summed E-state index contributed by atoms with van der Waals surface area (Å²) >= 11 is 0. The zero-order chi connectivity index (χ0) is 17.1. The van der Waals surface area contributed by atoms with Crippen molar-refractivity contribution in [1.82, 2.24) is 9.80 Å². The molecule has 1 N–H and O–H groups in total. The molecule has 1 aromatic rings. The normalized spacial score (nSPS) is 22.0. The molecular formula is C18H25N3O3. The minimum absolute atomic E-state index is 0.178. The van der Waals surface area contributed by atoms with Gasteiger partial charge in [0, 0.05) is 44.0 Å². The summed E-state index contributed by atoms with van der Waals surface area (Å²) in [5, 5.41) is 9.23. The average molecular weight is 331 g/mol. The number of carbonyl (C=O) groups excluding carboxylic acids is 1. The summed E-state index contributed by atoms with van der Waals surface area (Å²) in [7, 11) is 0. The summed E-state index contributed by atoms with van der Waals surface area (Å²) in [6.45, 7) is 7.90. The molecular weight excluding hydrogens is 306 g/mol. The molecule has 2 aliphatic rings. The second kappa shape index (κ2) is 7.21. The van der Waals surface area contributed by atoms with Crippen LogP contribution in [0.15, 0.2) is 24.3 Å². The maximum atomic E-state index is 12.6. The van der Waals surface area contributed by atoms with E-state index in [0.717, 1.165) is 44.8 Å². The molecule has 0 spiro atoms. The van der Waals surface area contributed by atoms with Crippen LogP contribution in [0, 0.1) is 0 Å². The Kier molecular flexibility index (Phi) is 5.04. The first-order valence-corrected chi connectivity index (χ1v) is 8.71. The van der Waals surface area contributed by atoms with E-state index in [1.54, 1.807) is 0 Å². The predicted octanol–water partition coefficient (Wildman–Crippen LogP) is 1.52. The molecule has 3 rings (SSSR count). The van der Waals surface area contributed by atoms with Crippen molar-refractivity contribution in [2.75, 3.05) is 44.2 Å². The van der Waals surface area contributed by atoms with Crippen LogP contribution in [0.2, 0.25) is 0 Å².